The average Bonchev–Trinajstić information content (AvgIpc) is 3.15. The van der Waals surface area contributed by atoms with E-state index in [4.69, 9.17) is 0 Å². The van der Waals surface area contributed by atoms with Crippen molar-refractivity contribution in [2.45, 2.75) is 26.9 Å². The number of halogens is 2. The highest BCUT2D eigenvalue weighted by atomic mass is 127. The van der Waals surface area contributed by atoms with Crippen molar-refractivity contribution < 1.29 is 4.39 Å². The van der Waals surface area contributed by atoms with Crippen LogP contribution in [0, 0.1) is 5.82 Å². The molecule has 3 rings (SSSR count). The maximum atomic E-state index is 14.7. The summed E-state index contributed by atoms with van der Waals surface area (Å²) in [4.78, 5) is 9.15. The zero-order chi connectivity index (χ0) is 20.6. The number of nitrogens with zero attached hydrogens (tertiary/aromatic N) is 4. The van der Waals surface area contributed by atoms with Crippen molar-refractivity contribution in [3.8, 4) is 0 Å². The molecule has 1 aliphatic heterocycles. The van der Waals surface area contributed by atoms with Gasteiger partial charge < -0.3 is 25.0 Å². The van der Waals surface area contributed by atoms with E-state index in [0.29, 0.717) is 18.8 Å². The van der Waals surface area contributed by atoms with Crippen LogP contribution in [0.4, 0.5) is 10.1 Å². The van der Waals surface area contributed by atoms with Crippen LogP contribution in [0.25, 0.3) is 0 Å². The van der Waals surface area contributed by atoms with Gasteiger partial charge in [0.2, 0.25) is 0 Å². The second kappa shape index (κ2) is 12.1. The number of aryl methyl sites for hydroxylation is 1. The molecule has 1 aromatic heterocycles. The first-order valence-corrected chi connectivity index (χ1v) is 10.5. The number of anilines is 1. The minimum absolute atomic E-state index is 0. The fourth-order valence-electron chi connectivity index (χ4n) is 3.57. The lowest BCUT2D eigenvalue weighted by atomic mass is 10.1. The maximum absolute atomic E-state index is 14.7. The number of rotatable bonds is 7. The molecule has 0 amide bonds. The summed E-state index contributed by atoms with van der Waals surface area (Å²) in [5.41, 5.74) is 2.76. The molecule has 0 unspecified atom stereocenters. The zero-order valence-electron chi connectivity index (χ0n) is 18.2. The van der Waals surface area contributed by atoms with E-state index in [1.807, 2.05) is 36.9 Å². The van der Waals surface area contributed by atoms with Gasteiger partial charge in [-0.05, 0) is 42.8 Å². The molecule has 2 N–H and O–H groups in total. The van der Waals surface area contributed by atoms with Gasteiger partial charge in [-0.3, -0.25) is 0 Å². The Labute approximate surface area is 196 Å². The molecule has 0 spiro atoms. The van der Waals surface area contributed by atoms with E-state index in [1.165, 1.54) is 0 Å². The lowest BCUT2D eigenvalue weighted by Crippen LogP contribution is -2.46. The molecular formula is C22H34FIN6. The fourth-order valence-corrected chi connectivity index (χ4v) is 3.57. The summed E-state index contributed by atoms with van der Waals surface area (Å²) >= 11 is 0. The Hall–Kier alpha value is -1.81. The van der Waals surface area contributed by atoms with Crippen molar-refractivity contribution in [2.24, 2.45) is 12.0 Å². The molecule has 6 nitrogen and oxygen atoms in total. The van der Waals surface area contributed by atoms with E-state index in [-0.39, 0.29) is 29.8 Å². The van der Waals surface area contributed by atoms with Crippen LogP contribution in [-0.2, 0) is 20.1 Å². The quantitative estimate of drug-likeness (QED) is 0.330. The number of benzene rings is 1. The predicted molar refractivity (Wildman–Crippen MR) is 133 cm³/mol. The Bertz CT molecular complexity index is 814. The number of hydrogen-bond acceptors (Lipinski definition) is 3. The van der Waals surface area contributed by atoms with Crippen molar-refractivity contribution in [3.63, 3.8) is 0 Å². The third-order valence-electron chi connectivity index (χ3n) is 5.29. The SMILES string of the molecule is CCNC(=NCc1ccn(C)c1)NCc1ccc(N2CCN(CC)CC2)c(F)c1.I. The Balaban J connectivity index is 0.00000320. The summed E-state index contributed by atoms with van der Waals surface area (Å²) in [6.07, 6.45) is 4.07. The van der Waals surface area contributed by atoms with Gasteiger partial charge >= 0.3 is 0 Å². The molecule has 0 saturated carbocycles. The predicted octanol–water partition coefficient (Wildman–Crippen LogP) is 3.18. The molecule has 8 heteroatoms. The lowest BCUT2D eigenvalue weighted by molar-refractivity contribution is 0.270. The summed E-state index contributed by atoms with van der Waals surface area (Å²) in [6, 6.07) is 7.59. The molecule has 1 fully saturated rings. The van der Waals surface area contributed by atoms with Gasteiger partial charge in [-0.15, -0.1) is 24.0 Å². The van der Waals surface area contributed by atoms with E-state index in [9.17, 15) is 4.39 Å². The Morgan fingerprint density at radius 1 is 1.07 bits per heavy atom. The number of piperazine rings is 1. The number of guanidine groups is 1. The van der Waals surface area contributed by atoms with Crippen LogP contribution in [0.3, 0.4) is 0 Å². The van der Waals surface area contributed by atoms with Crippen molar-refractivity contribution >= 4 is 35.6 Å². The second-order valence-electron chi connectivity index (χ2n) is 7.44. The second-order valence-corrected chi connectivity index (χ2v) is 7.44. The van der Waals surface area contributed by atoms with Crippen LogP contribution >= 0.6 is 24.0 Å². The van der Waals surface area contributed by atoms with Gasteiger partial charge in [0.25, 0.3) is 0 Å². The third-order valence-corrected chi connectivity index (χ3v) is 5.29. The zero-order valence-corrected chi connectivity index (χ0v) is 20.5. The topological polar surface area (TPSA) is 47.8 Å². The van der Waals surface area contributed by atoms with Gasteiger partial charge in [0.15, 0.2) is 5.96 Å². The monoisotopic (exact) mass is 528 g/mol. The first-order chi connectivity index (χ1) is 14.1. The maximum Gasteiger partial charge on any atom is 0.191 e. The Kier molecular flexibility index (Phi) is 9.90. The molecule has 2 aromatic rings. The highest BCUT2D eigenvalue weighted by Crippen LogP contribution is 2.22. The van der Waals surface area contributed by atoms with Crippen LogP contribution in [0.15, 0.2) is 41.7 Å². The molecular weight excluding hydrogens is 494 g/mol. The van der Waals surface area contributed by atoms with E-state index in [2.05, 4.69) is 44.6 Å². The van der Waals surface area contributed by atoms with Crippen LogP contribution in [0.2, 0.25) is 0 Å². The third kappa shape index (κ3) is 6.87. The minimum atomic E-state index is -0.152. The molecule has 1 aromatic carbocycles. The van der Waals surface area contributed by atoms with Crippen LogP contribution in [0.1, 0.15) is 25.0 Å². The molecule has 2 heterocycles. The Morgan fingerprint density at radius 2 is 1.83 bits per heavy atom. The summed E-state index contributed by atoms with van der Waals surface area (Å²) in [5, 5.41) is 6.54. The van der Waals surface area contributed by atoms with Crippen molar-refractivity contribution in [1.82, 2.24) is 20.1 Å². The van der Waals surface area contributed by atoms with Gasteiger partial charge in [0.05, 0.1) is 12.2 Å². The average molecular weight is 528 g/mol. The number of nitrogens with one attached hydrogen (secondary N) is 2. The van der Waals surface area contributed by atoms with Crippen molar-refractivity contribution in [3.05, 3.63) is 53.6 Å². The summed E-state index contributed by atoms with van der Waals surface area (Å²) in [7, 11) is 2.00. The van der Waals surface area contributed by atoms with E-state index in [0.717, 1.165) is 56.4 Å². The normalized spacial score (nSPS) is 15.1. The molecule has 0 bridgehead atoms. The Morgan fingerprint density at radius 3 is 2.43 bits per heavy atom. The molecule has 0 atom stereocenters. The highest BCUT2D eigenvalue weighted by Gasteiger charge is 2.18. The van der Waals surface area contributed by atoms with Crippen molar-refractivity contribution in [1.29, 1.82) is 0 Å². The number of aromatic nitrogens is 1. The molecule has 1 saturated heterocycles. The lowest BCUT2D eigenvalue weighted by Gasteiger charge is -2.35. The van der Waals surface area contributed by atoms with Crippen LogP contribution in [0.5, 0.6) is 0 Å². The van der Waals surface area contributed by atoms with Gasteiger partial charge in [-0.1, -0.05) is 13.0 Å². The fraction of sp³-hybridized carbons (Fsp3) is 0.500. The van der Waals surface area contributed by atoms with Gasteiger partial charge in [-0.25, -0.2) is 9.38 Å². The van der Waals surface area contributed by atoms with Crippen LogP contribution < -0.4 is 15.5 Å². The smallest absolute Gasteiger partial charge is 0.191 e. The van der Waals surface area contributed by atoms with Gasteiger partial charge in [-0.2, -0.15) is 0 Å². The van der Waals surface area contributed by atoms with E-state index in [1.54, 1.807) is 6.07 Å². The summed E-state index contributed by atoms with van der Waals surface area (Å²) in [6.45, 7) is 10.9. The number of hydrogen-bond donors (Lipinski definition) is 2. The largest absolute Gasteiger partial charge is 0.367 e. The molecule has 1 aliphatic rings. The van der Waals surface area contributed by atoms with E-state index < -0.39 is 0 Å². The van der Waals surface area contributed by atoms with Crippen LogP contribution in [-0.4, -0.2) is 54.7 Å². The van der Waals surface area contributed by atoms with Gasteiger partial charge in [0, 0.05) is 58.7 Å². The number of likely N-dealkylation sites (N-methyl/N-ethyl adjacent to an activating group) is 1. The molecule has 0 aliphatic carbocycles. The molecule has 166 valence electrons. The first-order valence-electron chi connectivity index (χ1n) is 10.5. The minimum Gasteiger partial charge on any atom is -0.367 e. The molecule has 30 heavy (non-hydrogen) atoms. The molecule has 0 radical (unpaired) electrons. The van der Waals surface area contributed by atoms with Crippen molar-refractivity contribution in [2.75, 3.05) is 44.2 Å². The van der Waals surface area contributed by atoms with E-state index >= 15 is 0 Å². The van der Waals surface area contributed by atoms with Gasteiger partial charge in [0.1, 0.15) is 5.82 Å². The summed E-state index contributed by atoms with van der Waals surface area (Å²) < 4.78 is 16.7. The summed E-state index contributed by atoms with van der Waals surface area (Å²) in [5.74, 6) is 0.581. The standard InChI is InChI=1S/C22H33FN6.HI/c1-4-24-22(26-16-19-8-9-27(3)17-19)25-15-18-6-7-21(20(23)14-18)29-12-10-28(5-2)11-13-29;/h6-9,14,17H,4-5,10-13,15-16H2,1-3H3,(H2,24,25,26);1H. The highest BCUT2D eigenvalue weighted by molar-refractivity contribution is 14.0. The first kappa shape index (κ1) is 24.5. The number of aliphatic imine (C=N–C) groups is 1.